The van der Waals surface area contributed by atoms with Crippen LogP contribution in [0.1, 0.15) is 91.9 Å². The third-order valence-electron chi connectivity index (χ3n) is 6.03. The standard InChI is InChI=1S/C25H39NO4/c1-6-9-13-20(8-3)22(26-21(19(4)5)14-10-7-2)23(28)24(29)25(17-30-18-27)15-11-12-16-25/h8,18,21H,4,6-7,9-17H2,1-3,5H3/b20-8+,26-22?. The molecule has 1 aliphatic carbocycles. The molecule has 0 bridgehead atoms. The van der Waals surface area contributed by atoms with Crippen LogP contribution in [0.25, 0.3) is 0 Å². The number of carbonyl (C=O) groups excluding carboxylic acids is 3. The zero-order chi connectivity index (χ0) is 22.6. The molecule has 5 nitrogen and oxygen atoms in total. The van der Waals surface area contributed by atoms with Gasteiger partial charge in [0, 0.05) is 0 Å². The number of nitrogens with zero attached hydrogens (tertiary/aromatic N) is 1. The minimum absolute atomic E-state index is 0.0335. The van der Waals surface area contributed by atoms with Gasteiger partial charge in [0.25, 0.3) is 6.47 Å². The molecule has 1 atom stereocenters. The third-order valence-corrected chi connectivity index (χ3v) is 6.03. The van der Waals surface area contributed by atoms with Crippen molar-refractivity contribution in [1.82, 2.24) is 0 Å². The third kappa shape index (κ3) is 7.03. The van der Waals surface area contributed by atoms with E-state index in [4.69, 9.17) is 9.73 Å². The highest BCUT2D eigenvalue weighted by molar-refractivity contribution is 6.69. The predicted octanol–water partition coefficient (Wildman–Crippen LogP) is 5.57. The lowest BCUT2D eigenvalue weighted by Gasteiger charge is -2.26. The second-order valence-electron chi connectivity index (χ2n) is 8.45. The fourth-order valence-corrected chi connectivity index (χ4v) is 4.06. The molecule has 0 N–H and O–H groups in total. The molecule has 30 heavy (non-hydrogen) atoms. The molecule has 0 radical (unpaired) electrons. The van der Waals surface area contributed by atoms with Crippen LogP contribution in [0.4, 0.5) is 0 Å². The van der Waals surface area contributed by atoms with Gasteiger partial charge < -0.3 is 4.74 Å². The molecule has 1 saturated carbocycles. The van der Waals surface area contributed by atoms with Gasteiger partial charge in [0.05, 0.1) is 11.5 Å². The Morgan fingerprint density at radius 1 is 1.17 bits per heavy atom. The SMILES string of the molecule is C=C(C)C(CCCC)N=C(C(=O)C(=O)C1(COC=O)CCCC1)/C(=C/C)CCCC. The van der Waals surface area contributed by atoms with Gasteiger partial charge in [-0.15, -0.1) is 0 Å². The normalized spacial score (nSPS) is 17.5. The molecule has 0 aromatic rings. The van der Waals surface area contributed by atoms with Crippen molar-refractivity contribution in [3.8, 4) is 0 Å². The Morgan fingerprint density at radius 3 is 2.30 bits per heavy atom. The number of ether oxygens (including phenoxy) is 1. The summed E-state index contributed by atoms with van der Waals surface area (Å²) in [4.78, 5) is 42.5. The maximum absolute atomic E-state index is 13.5. The van der Waals surface area contributed by atoms with E-state index in [0.717, 1.165) is 56.1 Å². The predicted molar refractivity (Wildman–Crippen MR) is 122 cm³/mol. The zero-order valence-electron chi connectivity index (χ0n) is 19.3. The number of unbranched alkanes of at least 4 members (excludes halogenated alkanes) is 2. The van der Waals surface area contributed by atoms with Crippen LogP contribution in [-0.2, 0) is 19.1 Å². The van der Waals surface area contributed by atoms with Crippen LogP contribution in [0.2, 0.25) is 0 Å². The Hall–Kier alpha value is -2.04. The highest BCUT2D eigenvalue weighted by Crippen LogP contribution is 2.40. The topological polar surface area (TPSA) is 72.8 Å². The van der Waals surface area contributed by atoms with Crippen LogP contribution in [0.5, 0.6) is 0 Å². The molecule has 0 amide bonds. The van der Waals surface area contributed by atoms with E-state index in [1.165, 1.54) is 0 Å². The molecule has 0 aliphatic heterocycles. The number of allylic oxidation sites excluding steroid dienone is 2. The van der Waals surface area contributed by atoms with Crippen molar-refractivity contribution in [2.24, 2.45) is 10.4 Å². The quantitative estimate of drug-likeness (QED) is 0.151. The van der Waals surface area contributed by atoms with Gasteiger partial charge in [-0.3, -0.25) is 19.4 Å². The first kappa shape index (κ1) is 26.0. The first-order valence-electron chi connectivity index (χ1n) is 11.4. The number of carbonyl (C=O) groups is 3. The lowest BCUT2D eigenvalue weighted by molar-refractivity contribution is -0.145. The van der Waals surface area contributed by atoms with Crippen molar-refractivity contribution in [2.75, 3.05) is 6.61 Å². The Morgan fingerprint density at radius 2 is 1.80 bits per heavy atom. The summed E-state index contributed by atoms with van der Waals surface area (Å²) in [6.45, 7) is 12.4. The molecule has 1 unspecified atom stereocenters. The van der Waals surface area contributed by atoms with Gasteiger partial charge in [-0.25, -0.2) is 0 Å². The van der Waals surface area contributed by atoms with Crippen LogP contribution in [-0.4, -0.2) is 36.4 Å². The molecule has 0 spiro atoms. The number of hydrogen-bond donors (Lipinski definition) is 0. The molecule has 0 saturated heterocycles. The maximum atomic E-state index is 13.5. The maximum Gasteiger partial charge on any atom is 0.293 e. The Balaban J connectivity index is 3.35. The van der Waals surface area contributed by atoms with Crippen molar-refractivity contribution < 1.29 is 19.1 Å². The summed E-state index contributed by atoms with van der Waals surface area (Å²) >= 11 is 0. The van der Waals surface area contributed by atoms with Crippen LogP contribution >= 0.6 is 0 Å². The van der Waals surface area contributed by atoms with Gasteiger partial charge >= 0.3 is 0 Å². The minimum Gasteiger partial charge on any atom is -0.467 e. The van der Waals surface area contributed by atoms with Crippen molar-refractivity contribution in [2.45, 2.75) is 97.9 Å². The summed E-state index contributed by atoms with van der Waals surface area (Å²) in [5.74, 6) is -1.01. The van der Waals surface area contributed by atoms with Gasteiger partial charge in [-0.2, -0.15) is 0 Å². The molecule has 0 heterocycles. The van der Waals surface area contributed by atoms with Crippen LogP contribution in [0, 0.1) is 5.41 Å². The number of ketones is 2. The smallest absolute Gasteiger partial charge is 0.293 e. The first-order valence-corrected chi connectivity index (χ1v) is 11.4. The summed E-state index contributed by atoms with van der Waals surface area (Å²) in [5, 5.41) is 0. The molecule has 168 valence electrons. The second-order valence-corrected chi connectivity index (χ2v) is 8.45. The van der Waals surface area contributed by atoms with Gasteiger partial charge in [0.2, 0.25) is 11.6 Å². The van der Waals surface area contributed by atoms with Crippen LogP contribution in [0.3, 0.4) is 0 Å². The van der Waals surface area contributed by atoms with Crippen molar-refractivity contribution >= 4 is 23.8 Å². The van der Waals surface area contributed by atoms with Crippen molar-refractivity contribution in [1.29, 1.82) is 0 Å². The van der Waals surface area contributed by atoms with Gasteiger partial charge in [-0.1, -0.05) is 64.2 Å². The number of hydrogen-bond acceptors (Lipinski definition) is 5. The van der Waals surface area contributed by atoms with E-state index in [9.17, 15) is 14.4 Å². The molecular weight excluding hydrogens is 378 g/mol. The van der Waals surface area contributed by atoms with E-state index in [1.807, 2.05) is 19.9 Å². The van der Waals surface area contributed by atoms with Crippen LogP contribution < -0.4 is 0 Å². The molecule has 0 aromatic carbocycles. The van der Waals surface area contributed by atoms with Gasteiger partial charge in [-0.05, 0) is 51.5 Å². The summed E-state index contributed by atoms with van der Waals surface area (Å²) in [7, 11) is 0. The van der Waals surface area contributed by atoms with E-state index in [0.29, 0.717) is 25.7 Å². The fraction of sp³-hybridized carbons (Fsp3) is 0.680. The molecule has 0 aromatic heterocycles. The molecular formula is C25H39NO4. The van der Waals surface area contributed by atoms with E-state index in [2.05, 4.69) is 20.4 Å². The highest BCUT2D eigenvalue weighted by atomic mass is 16.5. The first-order chi connectivity index (χ1) is 14.4. The molecule has 1 fully saturated rings. The summed E-state index contributed by atoms with van der Waals surface area (Å²) < 4.78 is 4.97. The van der Waals surface area contributed by atoms with Crippen LogP contribution in [0.15, 0.2) is 28.8 Å². The summed E-state index contributed by atoms with van der Waals surface area (Å²) in [6.07, 6.45) is 10.2. The van der Waals surface area contributed by atoms with Crippen molar-refractivity contribution in [3.05, 3.63) is 23.8 Å². The number of aliphatic imine (C=N–C) groups is 1. The van der Waals surface area contributed by atoms with Gasteiger partial charge in [0.15, 0.2) is 0 Å². The van der Waals surface area contributed by atoms with Crippen molar-refractivity contribution in [3.63, 3.8) is 0 Å². The van der Waals surface area contributed by atoms with E-state index in [-0.39, 0.29) is 18.4 Å². The zero-order valence-corrected chi connectivity index (χ0v) is 19.3. The highest BCUT2D eigenvalue weighted by Gasteiger charge is 2.46. The van der Waals surface area contributed by atoms with E-state index >= 15 is 0 Å². The number of rotatable bonds is 15. The second kappa shape index (κ2) is 13.3. The van der Waals surface area contributed by atoms with E-state index in [1.54, 1.807) is 0 Å². The van der Waals surface area contributed by atoms with E-state index < -0.39 is 17.0 Å². The summed E-state index contributed by atoms with van der Waals surface area (Å²) in [5.41, 5.74) is 1.08. The largest absolute Gasteiger partial charge is 0.467 e. The molecule has 5 heteroatoms. The average Bonchev–Trinajstić information content (AvgIpc) is 3.22. The fourth-order valence-electron chi connectivity index (χ4n) is 4.06. The van der Waals surface area contributed by atoms with Gasteiger partial charge in [0.1, 0.15) is 12.3 Å². The molecule has 1 rings (SSSR count). The summed E-state index contributed by atoms with van der Waals surface area (Å²) in [6, 6.07) is -0.181. The lowest BCUT2D eigenvalue weighted by Crippen LogP contribution is -2.42. The lowest BCUT2D eigenvalue weighted by atomic mass is 9.78. The monoisotopic (exact) mass is 417 g/mol. The Kier molecular flexibility index (Phi) is 11.5. The Labute approximate surface area is 182 Å². The Bertz CT molecular complexity index is 669. The number of Topliss-reactive ketones (excluding diaryl/α,β-unsaturated/α-hetero) is 2. The minimum atomic E-state index is -0.912. The molecule has 1 aliphatic rings. The average molecular weight is 418 g/mol.